The maximum Gasteiger partial charge on any atom is 0.344 e. The van der Waals surface area contributed by atoms with E-state index in [9.17, 15) is 9.36 Å². The minimum absolute atomic E-state index is 0.241. The standard InChI is InChI=1S/C9H19O5P/c1-5-8(9(10)12-4)15(11,13-6-2)14-7-3/h8H,5-7H2,1-4H3/t8-/m0/s1. The largest absolute Gasteiger partial charge is 0.468 e. The van der Waals surface area contributed by atoms with Crippen molar-refractivity contribution in [1.29, 1.82) is 0 Å². The third kappa shape index (κ3) is 3.93. The molecule has 0 saturated heterocycles. The monoisotopic (exact) mass is 238 g/mol. The lowest BCUT2D eigenvalue weighted by Crippen LogP contribution is -2.24. The van der Waals surface area contributed by atoms with Crippen LogP contribution in [0.25, 0.3) is 0 Å². The fourth-order valence-corrected chi connectivity index (χ4v) is 3.20. The van der Waals surface area contributed by atoms with Gasteiger partial charge in [0.15, 0.2) is 5.66 Å². The lowest BCUT2D eigenvalue weighted by atomic mass is 10.3. The average molecular weight is 238 g/mol. The Balaban J connectivity index is 4.84. The molecule has 0 fully saturated rings. The van der Waals surface area contributed by atoms with Crippen LogP contribution in [0.15, 0.2) is 0 Å². The van der Waals surface area contributed by atoms with Crippen LogP contribution in [-0.2, 0) is 23.1 Å². The van der Waals surface area contributed by atoms with Crippen LogP contribution in [-0.4, -0.2) is 32.0 Å². The van der Waals surface area contributed by atoms with E-state index in [-0.39, 0.29) is 13.2 Å². The summed E-state index contributed by atoms with van der Waals surface area (Å²) in [5.41, 5.74) is -0.831. The second kappa shape index (κ2) is 6.99. The van der Waals surface area contributed by atoms with Crippen molar-refractivity contribution in [2.45, 2.75) is 32.9 Å². The Hall–Kier alpha value is -0.380. The molecular weight excluding hydrogens is 219 g/mol. The van der Waals surface area contributed by atoms with Crippen molar-refractivity contribution in [2.75, 3.05) is 20.3 Å². The van der Waals surface area contributed by atoms with Crippen molar-refractivity contribution in [3.63, 3.8) is 0 Å². The van der Waals surface area contributed by atoms with E-state index in [1.807, 2.05) is 0 Å². The second-order valence-corrected chi connectivity index (χ2v) is 5.04. The van der Waals surface area contributed by atoms with Gasteiger partial charge in [-0.1, -0.05) is 6.92 Å². The molecular formula is C9H19O5P. The minimum atomic E-state index is -3.38. The predicted octanol–water partition coefficient (Wildman–Crippen LogP) is 2.20. The number of hydrogen-bond donors (Lipinski definition) is 0. The van der Waals surface area contributed by atoms with E-state index in [1.54, 1.807) is 20.8 Å². The van der Waals surface area contributed by atoms with E-state index in [2.05, 4.69) is 4.74 Å². The Labute approximate surface area is 90.6 Å². The summed E-state index contributed by atoms with van der Waals surface area (Å²) in [5.74, 6) is -0.553. The van der Waals surface area contributed by atoms with Gasteiger partial charge in [0.05, 0.1) is 20.3 Å². The van der Waals surface area contributed by atoms with Gasteiger partial charge in [-0.3, -0.25) is 9.36 Å². The summed E-state index contributed by atoms with van der Waals surface area (Å²) in [6.07, 6.45) is 0.365. The molecule has 0 aromatic carbocycles. The summed E-state index contributed by atoms with van der Waals surface area (Å²) in [5, 5.41) is 0. The second-order valence-electron chi connectivity index (χ2n) is 2.82. The summed E-state index contributed by atoms with van der Waals surface area (Å²) < 4.78 is 26.9. The Kier molecular flexibility index (Phi) is 6.81. The average Bonchev–Trinajstić information content (AvgIpc) is 2.19. The van der Waals surface area contributed by atoms with Crippen LogP contribution in [0.2, 0.25) is 0 Å². The van der Waals surface area contributed by atoms with Crippen LogP contribution in [0.4, 0.5) is 0 Å². The topological polar surface area (TPSA) is 61.8 Å². The maximum absolute atomic E-state index is 12.2. The molecule has 90 valence electrons. The fourth-order valence-electron chi connectivity index (χ4n) is 1.23. The van der Waals surface area contributed by atoms with Gasteiger partial charge >= 0.3 is 13.6 Å². The van der Waals surface area contributed by atoms with Crippen LogP contribution in [0.1, 0.15) is 27.2 Å². The lowest BCUT2D eigenvalue weighted by molar-refractivity contribution is -0.140. The first kappa shape index (κ1) is 14.6. The molecule has 0 unspecified atom stereocenters. The highest BCUT2D eigenvalue weighted by Gasteiger charge is 2.40. The smallest absolute Gasteiger partial charge is 0.344 e. The highest BCUT2D eigenvalue weighted by atomic mass is 31.2. The molecule has 0 aromatic heterocycles. The molecule has 0 heterocycles. The van der Waals surface area contributed by atoms with E-state index >= 15 is 0 Å². The van der Waals surface area contributed by atoms with Crippen LogP contribution >= 0.6 is 7.60 Å². The Morgan fingerprint density at radius 3 is 1.93 bits per heavy atom. The molecule has 5 nitrogen and oxygen atoms in total. The summed E-state index contributed by atoms with van der Waals surface area (Å²) in [6, 6.07) is 0. The van der Waals surface area contributed by atoms with Crippen LogP contribution in [0.3, 0.4) is 0 Å². The predicted molar refractivity (Wildman–Crippen MR) is 57.0 cm³/mol. The Bertz CT molecular complexity index is 231. The Morgan fingerprint density at radius 1 is 1.20 bits per heavy atom. The number of esters is 1. The summed E-state index contributed by atoms with van der Waals surface area (Å²) >= 11 is 0. The first-order chi connectivity index (χ1) is 7.05. The summed E-state index contributed by atoms with van der Waals surface area (Å²) in [4.78, 5) is 11.4. The molecule has 0 aromatic rings. The van der Waals surface area contributed by atoms with Crippen molar-refractivity contribution in [2.24, 2.45) is 0 Å². The zero-order valence-corrected chi connectivity index (χ0v) is 10.6. The van der Waals surface area contributed by atoms with Crippen molar-refractivity contribution < 1.29 is 23.1 Å². The number of ether oxygens (including phenoxy) is 1. The van der Waals surface area contributed by atoms with Crippen LogP contribution in [0, 0.1) is 0 Å². The Morgan fingerprint density at radius 2 is 1.67 bits per heavy atom. The minimum Gasteiger partial charge on any atom is -0.468 e. The van der Waals surface area contributed by atoms with E-state index in [1.165, 1.54) is 7.11 Å². The quantitative estimate of drug-likeness (QED) is 0.502. The van der Waals surface area contributed by atoms with Gasteiger partial charge in [0, 0.05) is 0 Å². The highest BCUT2D eigenvalue weighted by molar-refractivity contribution is 7.55. The summed E-state index contributed by atoms with van der Waals surface area (Å²) in [6.45, 7) is 5.63. The van der Waals surface area contributed by atoms with Gasteiger partial charge in [-0.2, -0.15) is 0 Å². The molecule has 0 amide bonds. The maximum atomic E-state index is 12.2. The number of methoxy groups -OCH3 is 1. The first-order valence-electron chi connectivity index (χ1n) is 5.02. The SMILES string of the molecule is CCOP(=O)(OCC)[C@@H](CC)C(=O)OC. The zero-order chi connectivity index (χ0) is 11.9. The molecule has 0 spiro atoms. The molecule has 0 rings (SSSR count). The van der Waals surface area contributed by atoms with E-state index in [4.69, 9.17) is 9.05 Å². The van der Waals surface area contributed by atoms with Gasteiger partial charge in [0.2, 0.25) is 0 Å². The normalized spacial score (nSPS) is 13.6. The van der Waals surface area contributed by atoms with Crippen molar-refractivity contribution in [1.82, 2.24) is 0 Å². The number of rotatable bonds is 7. The molecule has 0 radical (unpaired) electrons. The van der Waals surface area contributed by atoms with E-state index < -0.39 is 19.2 Å². The van der Waals surface area contributed by atoms with Gasteiger partial charge in [-0.15, -0.1) is 0 Å². The van der Waals surface area contributed by atoms with Crippen LogP contribution in [0.5, 0.6) is 0 Å². The molecule has 0 saturated carbocycles. The molecule has 0 aliphatic carbocycles. The van der Waals surface area contributed by atoms with Crippen molar-refractivity contribution >= 4 is 13.6 Å². The van der Waals surface area contributed by atoms with Crippen molar-refractivity contribution in [3.05, 3.63) is 0 Å². The molecule has 0 aliphatic heterocycles. The van der Waals surface area contributed by atoms with Gasteiger partial charge in [0.25, 0.3) is 0 Å². The number of hydrogen-bond acceptors (Lipinski definition) is 5. The molecule has 15 heavy (non-hydrogen) atoms. The van der Waals surface area contributed by atoms with Gasteiger partial charge in [-0.25, -0.2) is 0 Å². The molecule has 0 bridgehead atoms. The van der Waals surface area contributed by atoms with E-state index in [0.717, 1.165) is 0 Å². The van der Waals surface area contributed by atoms with Gasteiger partial charge < -0.3 is 13.8 Å². The number of carbonyl (C=O) groups excluding carboxylic acids is 1. The van der Waals surface area contributed by atoms with E-state index in [0.29, 0.717) is 6.42 Å². The summed E-state index contributed by atoms with van der Waals surface area (Å²) in [7, 11) is -2.12. The fraction of sp³-hybridized carbons (Fsp3) is 0.889. The zero-order valence-electron chi connectivity index (χ0n) is 9.69. The molecule has 6 heteroatoms. The van der Waals surface area contributed by atoms with Gasteiger partial charge in [-0.05, 0) is 20.3 Å². The molecule has 0 aliphatic rings. The molecule has 1 atom stereocenters. The van der Waals surface area contributed by atoms with Gasteiger partial charge in [0.1, 0.15) is 0 Å². The van der Waals surface area contributed by atoms with Crippen LogP contribution < -0.4 is 0 Å². The third-order valence-corrected chi connectivity index (χ3v) is 4.44. The lowest BCUT2D eigenvalue weighted by Gasteiger charge is -2.23. The molecule has 0 N–H and O–H groups in total. The highest BCUT2D eigenvalue weighted by Crippen LogP contribution is 2.54. The number of carbonyl (C=O) groups is 1. The third-order valence-electron chi connectivity index (χ3n) is 1.86. The first-order valence-corrected chi connectivity index (χ1v) is 6.63. The van der Waals surface area contributed by atoms with Crippen molar-refractivity contribution in [3.8, 4) is 0 Å².